The van der Waals surface area contributed by atoms with E-state index in [4.69, 9.17) is 34.3 Å². The van der Waals surface area contributed by atoms with Crippen molar-refractivity contribution in [1.29, 1.82) is 0 Å². The fourth-order valence-electron chi connectivity index (χ4n) is 1.49. The van der Waals surface area contributed by atoms with E-state index >= 15 is 0 Å². The van der Waals surface area contributed by atoms with Crippen LogP contribution in [0.15, 0.2) is 42.5 Å². The Balaban J connectivity index is 2.40. The average molecular weight is 282 g/mol. The normalized spacial score (nSPS) is 10.1. The summed E-state index contributed by atoms with van der Waals surface area (Å²) in [5.74, 6) is 0.377. The third kappa shape index (κ3) is 2.78. The Morgan fingerprint density at radius 3 is 2.61 bits per heavy atom. The molecule has 0 unspecified atom stereocenters. The summed E-state index contributed by atoms with van der Waals surface area (Å²) in [5.41, 5.74) is 6.03. The van der Waals surface area contributed by atoms with Gasteiger partial charge in [0.2, 0.25) is 0 Å². The minimum absolute atomic E-state index is 0.131. The first kappa shape index (κ1) is 12.8. The summed E-state index contributed by atoms with van der Waals surface area (Å²) in [7, 11) is 0. The van der Waals surface area contributed by atoms with E-state index in [0.29, 0.717) is 22.1 Å². The lowest BCUT2D eigenvalue weighted by molar-refractivity contribution is 0.476. The second-order valence-electron chi connectivity index (χ2n) is 3.54. The Labute approximate surface area is 114 Å². The number of hydrogen-bond acceptors (Lipinski definition) is 2. The van der Waals surface area contributed by atoms with E-state index in [1.807, 2.05) is 0 Å². The van der Waals surface area contributed by atoms with Crippen molar-refractivity contribution in [2.24, 2.45) is 5.73 Å². The molecule has 0 atom stereocenters. The molecule has 2 N–H and O–H groups in total. The van der Waals surface area contributed by atoms with Crippen molar-refractivity contribution < 1.29 is 9.13 Å². The van der Waals surface area contributed by atoms with Gasteiger partial charge in [0.1, 0.15) is 22.3 Å². The van der Waals surface area contributed by atoms with Gasteiger partial charge < -0.3 is 10.5 Å². The lowest BCUT2D eigenvalue weighted by Crippen LogP contribution is -2.11. The SMILES string of the molecule is NC(=S)c1c(Cl)cccc1Oc1cccc(F)c1. The minimum Gasteiger partial charge on any atom is -0.456 e. The fourth-order valence-corrected chi connectivity index (χ4v) is 2.02. The van der Waals surface area contributed by atoms with Gasteiger partial charge in [-0.1, -0.05) is 36.0 Å². The van der Waals surface area contributed by atoms with Crippen LogP contribution in [0.5, 0.6) is 11.5 Å². The molecule has 0 aliphatic carbocycles. The molecule has 92 valence electrons. The van der Waals surface area contributed by atoms with Crippen LogP contribution in [-0.4, -0.2) is 4.99 Å². The van der Waals surface area contributed by atoms with Gasteiger partial charge in [-0.15, -0.1) is 0 Å². The van der Waals surface area contributed by atoms with Gasteiger partial charge in [0, 0.05) is 6.07 Å². The first-order valence-corrected chi connectivity index (χ1v) is 5.88. The van der Waals surface area contributed by atoms with Crippen LogP contribution >= 0.6 is 23.8 Å². The Hall–Kier alpha value is -1.65. The average Bonchev–Trinajstić information content (AvgIpc) is 2.28. The van der Waals surface area contributed by atoms with Crippen LogP contribution in [-0.2, 0) is 0 Å². The van der Waals surface area contributed by atoms with Crippen molar-refractivity contribution in [3.63, 3.8) is 0 Å². The zero-order chi connectivity index (χ0) is 13.1. The molecule has 5 heteroatoms. The van der Waals surface area contributed by atoms with Gasteiger partial charge in [-0.25, -0.2) is 4.39 Å². The number of nitrogens with two attached hydrogens (primary N) is 1. The summed E-state index contributed by atoms with van der Waals surface area (Å²) in [4.78, 5) is 0.131. The summed E-state index contributed by atoms with van der Waals surface area (Å²) < 4.78 is 18.6. The maximum Gasteiger partial charge on any atom is 0.139 e. The van der Waals surface area contributed by atoms with Crippen molar-refractivity contribution in [2.45, 2.75) is 0 Å². The molecule has 0 saturated carbocycles. The lowest BCUT2D eigenvalue weighted by atomic mass is 10.2. The van der Waals surface area contributed by atoms with E-state index < -0.39 is 0 Å². The topological polar surface area (TPSA) is 35.2 Å². The van der Waals surface area contributed by atoms with Gasteiger partial charge in [0.15, 0.2) is 0 Å². The molecule has 0 heterocycles. The molecule has 0 amide bonds. The maximum absolute atomic E-state index is 13.1. The predicted octanol–water partition coefficient (Wildman–Crippen LogP) is 3.91. The lowest BCUT2D eigenvalue weighted by Gasteiger charge is -2.11. The van der Waals surface area contributed by atoms with E-state index in [1.54, 1.807) is 30.3 Å². The quantitative estimate of drug-likeness (QED) is 0.867. The summed E-state index contributed by atoms with van der Waals surface area (Å²) in [5, 5.41) is 0.399. The van der Waals surface area contributed by atoms with Crippen LogP contribution in [0.4, 0.5) is 4.39 Å². The summed E-state index contributed by atoms with van der Waals surface area (Å²) in [6.07, 6.45) is 0. The van der Waals surface area contributed by atoms with Crippen molar-refractivity contribution in [3.8, 4) is 11.5 Å². The van der Waals surface area contributed by atoms with E-state index in [0.717, 1.165) is 0 Å². The van der Waals surface area contributed by atoms with Gasteiger partial charge in [-0.2, -0.15) is 0 Å². The van der Waals surface area contributed by atoms with E-state index in [-0.39, 0.29) is 10.8 Å². The Bertz CT molecular complexity index is 603. The molecule has 2 aromatic rings. The molecule has 0 bridgehead atoms. The van der Waals surface area contributed by atoms with Crippen molar-refractivity contribution in [2.75, 3.05) is 0 Å². The smallest absolute Gasteiger partial charge is 0.139 e. The van der Waals surface area contributed by atoms with Gasteiger partial charge in [0.05, 0.1) is 10.6 Å². The van der Waals surface area contributed by atoms with Gasteiger partial charge in [-0.3, -0.25) is 0 Å². The number of benzene rings is 2. The first-order chi connectivity index (χ1) is 8.58. The standard InChI is InChI=1S/C13H9ClFNOS/c14-10-5-2-6-11(12(10)13(16)18)17-9-4-1-3-8(15)7-9/h1-7H,(H2,16,18). The highest BCUT2D eigenvalue weighted by Gasteiger charge is 2.11. The molecule has 2 aromatic carbocycles. The van der Waals surface area contributed by atoms with Crippen molar-refractivity contribution >= 4 is 28.8 Å². The zero-order valence-corrected chi connectivity index (χ0v) is 10.8. The van der Waals surface area contributed by atoms with Crippen LogP contribution < -0.4 is 10.5 Å². The van der Waals surface area contributed by atoms with E-state index in [1.165, 1.54) is 12.1 Å². The second-order valence-corrected chi connectivity index (χ2v) is 4.38. The number of ether oxygens (including phenoxy) is 1. The largest absolute Gasteiger partial charge is 0.456 e. The summed E-state index contributed by atoms with van der Waals surface area (Å²) in [6.45, 7) is 0. The van der Waals surface area contributed by atoms with Crippen LogP contribution in [0, 0.1) is 5.82 Å². The molecule has 0 aliphatic rings. The number of hydrogen-bond donors (Lipinski definition) is 1. The number of halogens is 2. The maximum atomic E-state index is 13.1. The fraction of sp³-hybridized carbons (Fsp3) is 0. The minimum atomic E-state index is -0.383. The van der Waals surface area contributed by atoms with Crippen molar-refractivity contribution in [3.05, 3.63) is 58.9 Å². The Kier molecular flexibility index (Phi) is 3.79. The molecule has 18 heavy (non-hydrogen) atoms. The molecule has 0 saturated heterocycles. The predicted molar refractivity (Wildman–Crippen MR) is 73.8 cm³/mol. The van der Waals surface area contributed by atoms with Crippen LogP contribution in [0.3, 0.4) is 0 Å². The third-order valence-corrected chi connectivity index (χ3v) is 2.76. The second kappa shape index (κ2) is 5.33. The van der Waals surface area contributed by atoms with Crippen LogP contribution in [0.25, 0.3) is 0 Å². The zero-order valence-electron chi connectivity index (χ0n) is 9.19. The highest BCUT2D eigenvalue weighted by atomic mass is 35.5. The van der Waals surface area contributed by atoms with Gasteiger partial charge >= 0.3 is 0 Å². The Morgan fingerprint density at radius 1 is 1.22 bits per heavy atom. The van der Waals surface area contributed by atoms with Crippen molar-refractivity contribution in [1.82, 2.24) is 0 Å². The summed E-state index contributed by atoms with van der Waals surface area (Å²) in [6, 6.07) is 10.8. The third-order valence-electron chi connectivity index (χ3n) is 2.25. The summed E-state index contributed by atoms with van der Waals surface area (Å²) >= 11 is 10.9. The molecule has 2 nitrogen and oxygen atoms in total. The molecular weight excluding hydrogens is 273 g/mol. The molecule has 0 aromatic heterocycles. The molecule has 0 spiro atoms. The van der Waals surface area contributed by atoms with Crippen LogP contribution in [0.1, 0.15) is 5.56 Å². The van der Waals surface area contributed by atoms with E-state index in [2.05, 4.69) is 0 Å². The molecule has 0 radical (unpaired) electrons. The molecule has 2 rings (SSSR count). The highest BCUT2D eigenvalue weighted by molar-refractivity contribution is 7.80. The Morgan fingerprint density at radius 2 is 1.94 bits per heavy atom. The highest BCUT2D eigenvalue weighted by Crippen LogP contribution is 2.30. The van der Waals surface area contributed by atoms with Gasteiger partial charge in [0.25, 0.3) is 0 Å². The number of thiocarbonyl (C=S) groups is 1. The molecule has 0 fully saturated rings. The molecular formula is C13H9ClFNOS. The van der Waals surface area contributed by atoms with E-state index in [9.17, 15) is 4.39 Å². The number of rotatable bonds is 3. The monoisotopic (exact) mass is 281 g/mol. The molecule has 0 aliphatic heterocycles. The van der Waals surface area contributed by atoms with Gasteiger partial charge in [-0.05, 0) is 24.3 Å². The first-order valence-electron chi connectivity index (χ1n) is 5.09. The van der Waals surface area contributed by atoms with Crippen LogP contribution in [0.2, 0.25) is 5.02 Å².